The number of nitrogens with one attached hydrogen (secondary N) is 1. The Labute approximate surface area is 86.2 Å². The molecule has 0 aliphatic heterocycles. The first-order valence-electron chi connectivity index (χ1n) is 4.04. The Morgan fingerprint density at radius 1 is 1.36 bits per heavy atom. The first-order chi connectivity index (χ1) is 6.57. The largest absolute Gasteiger partial charge is 0.397 e. The van der Waals surface area contributed by atoms with Crippen molar-refractivity contribution in [3.63, 3.8) is 0 Å². The van der Waals surface area contributed by atoms with Crippen LogP contribution in [0.2, 0.25) is 5.02 Å². The second-order valence-corrected chi connectivity index (χ2v) is 3.15. The molecule has 1 rings (SSSR count). The van der Waals surface area contributed by atoms with Crippen molar-refractivity contribution in [2.24, 2.45) is 5.73 Å². The van der Waals surface area contributed by atoms with E-state index >= 15 is 0 Å². The summed E-state index contributed by atoms with van der Waals surface area (Å²) < 4.78 is 13.5. The van der Waals surface area contributed by atoms with E-state index < -0.39 is 5.82 Å². The molecule has 0 aromatic heterocycles. The maximum absolute atomic E-state index is 13.5. The van der Waals surface area contributed by atoms with E-state index in [1.807, 2.05) is 0 Å². The fraction of sp³-hybridized carbons (Fsp3) is 0.250. The van der Waals surface area contributed by atoms with Crippen molar-refractivity contribution in [2.45, 2.75) is 0 Å². The lowest BCUT2D eigenvalue weighted by molar-refractivity contribution is 0.632. The van der Waals surface area contributed by atoms with Gasteiger partial charge in [-0.1, -0.05) is 11.6 Å². The van der Waals surface area contributed by atoms with Gasteiger partial charge in [0.1, 0.15) is 5.02 Å². The highest BCUT2D eigenvalue weighted by Crippen LogP contribution is 2.33. The summed E-state index contributed by atoms with van der Waals surface area (Å²) in [6.07, 6.45) is 0. The van der Waals surface area contributed by atoms with E-state index in [1.165, 1.54) is 6.07 Å². The average molecular weight is 219 g/mol. The van der Waals surface area contributed by atoms with Gasteiger partial charge in [0.2, 0.25) is 0 Å². The van der Waals surface area contributed by atoms with Crippen LogP contribution in [0.15, 0.2) is 6.07 Å². The minimum absolute atomic E-state index is 0.125. The topological polar surface area (TPSA) is 90.1 Å². The molecule has 14 heavy (non-hydrogen) atoms. The zero-order chi connectivity index (χ0) is 10.7. The zero-order valence-electron chi connectivity index (χ0n) is 7.48. The highest BCUT2D eigenvalue weighted by atomic mass is 35.5. The molecule has 0 spiro atoms. The molecule has 0 unspecified atom stereocenters. The second-order valence-electron chi connectivity index (χ2n) is 2.77. The van der Waals surface area contributed by atoms with Crippen molar-refractivity contribution in [3.8, 4) is 0 Å². The van der Waals surface area contributed by atoms with E-state index in [0.717, 1.165) is 0 Å². The molecular formula is C8H12ClFN4. The summed E-state index contributed by atoms with van der Waals surface area (Å²) in [6.45, 7) is 0.794. The summed E-state index contributed by atoms with van der Waals surface area (Å²) in [5.41, 5.74) is 16.7. The van der Waals surface area contributed by atoms with Gasteiger partial charge in [-0.05, 0) is 6.07 Å². The summed E-state index contributed by atoms with van der Waals surface area (Å²) in [6, 6.07) is 1.41. The lowest BCUT2D eigenvalue weighted by atomic mass is 10.2. The Kier molecular flexibility index (Phi) is 3.38. The highest BCUT2D eigenvalue weighted by molar-refractivity contribution is 6.33. The molecule has 0 bridgehead atoms. The molecule has 0 saturated heterocycles. The van der Waals surface area contributed by atoms with E-state index in [1.54, 1.807) is 0 Å². The number of nitrogen functional groups attached to an aromatic ring is 2. The van der Waals surface area contributed by atoms with Crippen molar-refractivity contribution in [2.75, 3.05) is 29.9 Å². The quantitative estimate of drug-likeness (QED) is 0.570. The number of hydrogen-bond acceptors (Lipinski definition) is 4. The molecule has 1 aromatic carbocycles. The van der Waals surface area contributed by atoms with E-state index in [9.17, 15) is 4.39 Å². The van der Waals surface area contributed by atoms with E-state index in [-0.39, 0.29) is 22.1 Å². The Bertz CT molecular complexity index is 343. The van der Waals surface area contributed by atoms with Crippen LogP contribution in [0, 0.1) is 5.82 Å². The average Bonchev–Trinajstić information content (AvgIpc) is 2.14. The minimum Gasteiger partial charge on any atom is -0.397 e. The predicted molar refractivity (Wildman–Crippen MR) is 57.8 cm³/mol. The first kappa shape index (κ1) is 10.9. The van der Waals surface area contributed by atoms with Crippen molar-refractivity contribution < 1.29 is 4.39 Å². The molecular weight excluding hydrogens is 207 g/mol. The summed E-state index contributed by atoms with van der Waals surface area (Å²) in [4.78, 5) is 0. The zero-order valence-corrected chi connectivity index (χ0v) is 8.24. The van der Waals surface area contributed by atoms with Gasteiger partial charge in [-0.2, -0.15) is 0 Å². The normalized spacial score (nSPS) is 10.2. The summed E-state index contributed by atoms with van der Waals surface area (Å²) in [5.74, 6) is -0.641. The van der Waals surface area contributed by atoms with Gasteiger partial charge in [0.15, 0.2) is 5.82 Å². The van der Waals surface area contributed by atoms with Crippen molar-refractivity contribution >= 4 is 28.7 Å². The van der Waals surface area contributed by atoms with Crippen LogP contribution in [0.25, 0.3) is 0 Å². The Morgan fingerprint density at radius 3 is 2.57 bits per heavy atom. The summed E-state index contributed by atoms with van der Waals surface area (Å²) in [5, 5.41) is 2.61. The lowest BCUT2D eigenvalue weighted by Gasteiger charge is -2.11. The predicted octanol–water partition coefficient (Wildman–Crippen LogP) is 1.01. The number of hydrogen-bond donors (Lipinski definition) is 4. The van der Waals surface area contributed by atoms with Crippen LogP contribution in [0.5, 0.6) is 0 Å². The number of rotatable bonds is 3. The molecule has 0 aliphatic rings. The van der Waals surface area contributed by atoms with Crippen LogP contribution < -0.4 is 22.5 Å². The van der Waals surface area contributed by atoms with Gasteiger partial charge >= 0.3 is 0 Å². The van der Waals surface area contributed by atoms with Crippen LogP contribution in [0.3, 0.4) is 0 Å². The second kappa shape index (κ2) is 4.34. The molecule has 7 N–H and O–H groups in total. The van der Waals surface area contributed by atoms with Gasteiger partial charge in [0, 0.05) is 13.1 Å². The third kappa shape index (κ3) is 2.00. The van der Waals surface area contributed by atoms with Gasteiger partial charge in [-0.15, -0.1) is 0 Å². The Morgan fingerprint density at radius 2 is 2.00 bits per heavy atom. The minimum atomic E-state index is -0.641. The molecule has 0 atom stereocenters. The molecule has 0 saturated carbocycles. The number of anilines is 3. The highest BCUT2D eigenvalue weighted by Gasteiger charge is 2.13. The number of nitrogens with two attached hydrogens (primary N) is 3. The molecule has 4 nitrogen and oxygen atoms in total. The maximum atomic E-state index is 13.5. The van der Waals surface area contributed by atoms with Crippen molar-refractivity contribution in [1.82, 2.24) is 0 Å². The molecule has 0 amide bonds. The maximum Gasteiger partial charge on any atom is 0.169 e. The van der Waals surface area contributed by atoms with Crippen LogP contribution in [-0.4, -0.2) is 13.1 Å². The molecule has 0 fully saturated rings. The molecule has 78 valence electrons. The fourth-order valence-electron chi connectivity index (χ4n) is 1.04. The molecule has 6 heteroatoms. The van der Waals surface area contributed by atoms with Crippen LogP contribution in [0.1, 0.15) is 0 Å². The summed E-state index contributed by atoms with van der Waals surface area (Å²) in [7, 11) is 0. The Balaban J connectivity index is 3.09. The number of halogens is 2. The van der Waals surface area contributed by atoms with Gasteiger partial charge in [-0.25, -0.2) is 4.39 Å². The van der Waals surface area contributed by atoms with Gasteiger partial charge in [0.25, 0.3) is 0 Å². The lowest BCUT2D eigenvalue weighted by Crippen LogP contribution is -2.15. The van der Waals surface area contributed by atoms with Crippen LogP contribution in [0.4, 0.5) is 21.5 Å². The van der Waals surface area contributed by atoms with Crippen molar-refractivity contribution in [3.05, 3.63) is 16.9 Å². The molecule has 0 radical (unpaired) electrons. The third-order valence-corrected chi connectivity index (χ3v) is 2.10. The molecule has 0 heterocycles. The fourth-order valence-corrected chi connectivity index (χ4v) is 1.19. The van der Waals surface area contributed by atoms with E-state index in [2.05, 4.69) is 5.32 Å². The monoisotopic (exact) mass is 218 g/mol. The van der Waals surface area contributed by atoms with E-state index in [0.29, 0.717) is 13.1 Å². The van der Waals surface area contributed by atoms with E-state index in [4.69, 9.17) is 28.8 Å². The SMILES string of the molecule is NCCNc1c(N)cc(N)c(Cl)c1F. The Hall–Kier alpha value is -1.20. The molecule has 1 aromatic rings. The molecule has 0 aliphatic carbocycles. The standard InChI is InChI=1S/C8H12ClFN4/c9-6-4(12)3-5(13)8(7(6)10)14-2-1-11/h3,14H,1-2,11-13H2. The number of benzene rings is 1. The summed E-state index contributed by atoms with van der Waals surface area (Å²) >= 11 is 5.61. The van der Waals surface area contributed by atoms with Crippen LogP contribution in [-0.2, 0) is 0 Å². The van der Waals surface area contributed by atoms with Crippen molar-refractivity contribution in [1.29, 1.82) is 0 Å². The first-order valence-corrected chi connectivity index (χ1v) is 4.42. The third-order valence-electron chi connectivity index (χ3n) is 1.71. The van der Waals surface area contributed by atoms with Gasteiger partial charge in [-0.3, -0.25) is 0 Å². The van der Waals surface area contributed by atoms with Gasteiger partial charge in [0.05, 0.1) is 17.1 Å². The van der Waals surface area contributed by atoms with Crippen LogP contribution >= 0.6 is 11.6 Å². The smallest absolute Gasteiger partial charge is 0.169 e. The van der Waals surface area contributed by atoms with Gasteiger partial charge < -0.3 is 22.5 Å².